The zero-order valence-corrected chi connectivity index (χ0v) is 13.7. The number of hydrogen-bond donors (Lipinski definition) is 1. The monoisotopic (exact) mass is 309 g/mol. The third kappa shape index (κ3) is 4.85. The van der Waals surface area contributed by atoms with Gasteiger partial charge >= 0.3 is 0 Å². The number of aliphatic hydroxyl groups excluding tert-OH is 1. The second kappa shape index (κ2) is 8.18. The molecular formula is C16H23NO3S. The first-order valence-electron chi connectivity index (χ1n) is 7.10. The summed E-state index contributed by atoms with van der Waals surface area (Å²) in [7, 11) is -1.93. The van der Waals surface area contributed by atoms with Crippen LogP contribution in [0.1, 0.15) is 37.3 Å². The lowest BCUT2D eigenvalue weighted by atomic mass is 10.1. The zero-order valence-electron chi connectivity index (χ0n) is 12.9. The second-order valence-corrected chi connectivity index (χ2v) is 6.97. The van der Waals surface area contributed by atoms with Crippen molar-refractivity contribution in [2.24, 2.45) is 0 Å². The Morgan fingerprint density at radius 1 is 1.33 bits per heavy atom. The average Bonchev–Trinajstić information content (AvgIpc) is 2.44. The highest BCUT2D eigenvalue weighted by molar-refractivity contribution is 7.89. The Kier molecular flexibility index (Phi) is 6.90. The molecule has 0 aliphatic rings. The normalized spacial score (nSPS) is 11.3. The largest absolute Gasteiger partial charge is 0.395 e. The molecular weight excluding hydrogens is 286 g/mol. The van der Waals surface area contributed by atoms with Gasteiger partial charge < -0.3 is 5.11 Å². The van der Waals surface area contributed by atoms with Crippen LogP contribution < -0.4 is 0 Å². The molecule has 1 aromatic carbocycles. The molecule has 0 unspecified atom stereocenters. The quantitative estimate of drug-likeness (QED) is 0.819. The van der Waals surface area contributed by atoms with Crippen molar-refractivity contribution in [2.45, 2.75) is 38.0 Å². The zero-order chi connectivity index (χ0) is 15.9. The van der Waals surface area contributed by atoms with E-state index in [-0.39, 0.29) is 11.5 Å². The Balaban J connectivity index is 3.20. The molecule has 1 aromatic rings. The minimum atomic E-state index is -3.53. The summed E-state index contributed by atoms with van der Waals surface area (Å²) < 4.78 is 26.6. The van der Waals surface area contributed by atoms with Gasteiger partial charge in [0.25, 0.3) is 0 Å². The molecule has 0 bridgehead atoms. The van der Waals surface area contributed by atoms with Crippen molar-refractivity contribution in [2.75, 3.05) is 20.2 Å². The molecule has 0 spiro atoms. The average molecular weight is 309 g/mol. The number of aliphatic hydroxyl groups is 1. The third-order valence-electron chi connectivity index (χ3n) is 3.11. The number of sulfonamides is 1. The molecule has 116 valence electrons. The van der Waals surface area contributed by atoms with E-state index in [0.717, 1.165) is 18.4 Å². The van der Waals surface area contributed by atoms with E-state index < -0.39 is 10.0 Å². The molecule has 0 heterocycles. The molecule has 0 radical (unpaired) electrons. The first-order chi connectivity index (χ1) is 9.93. The van der Waals surface area contributed by atoms with Gasteiger partial charge in [0.1, 0.15) is 0 Å². The molecule has 1 N–H and O–H groups in total. The maximum absolute atomic E-state index is 12.6. The molecule has 21 heavy (non-hydrogen) atoms. The van der Waals surface area contributed by atoms with E-state index in [2.05, 4.69) is 11.8 Å². The fraction of sp³-hybridized carbons (Fsp3) is 0.500. The summed E-state index contributed by atoms with van der Waals surface area (Å²) in [5.41, 5.74) is 1.45. The van der Waals surface area contributed by atoms with Gasteiger partial charge in [0, 0.05) is 25.6 Å². The summed E-state index contributed by atoms with van der Waals surface area (Å²) >= 11 is 0. The van der Waals surface area contributed by atoms with E-state index in [9.17, 15) is 8.42 Å². The van der Waals surface area contributed by atoms with Gasteiger partial charge in [0.2, 0.25) is 10.0 Å². The summed E-state index contributed by atoms with van der Waals surface area (Å²) in [4.78, 5) is 0.233. The number of aryl methyl sites for hydroxylation is 1. The molecule has 4 nitrogen and oxygen atoms in total. The van der Waals surface area contributed by atoms with Gasteiger partial charge in [-0.2, -0.15) is 0 Å². The van der Waals surface area contributed by atoms with Crippen molar-refractivity contribution in [3.05, 3.63) is 29.3 Å². The maximum Gasteiger partial charge on any atom is 0.244 e. The van der Waals surface area contributed by atoms with Crippen LogP contribution in [0.3, 0.4) is 0 Å². The van der Waals surface area contributed by atoms with Crippen LogP contribution in [0, 0.1) is 18.8 Å². The molecule has 0 amide bonds. The number of rotatable bonds is 6. The Morgan fingerprint density at radius 3 is 2.67 bits per heavy atom. The predicted octanol–water partition coefficient (Wildman–Crippen LogP) is 2.15. The van der Waals surface area contributed by atoms with Crippen molar-refractivity contribution in [1.82, 2.24) is 4.31 Å². The highest BCUT2D eigenvalue weighted by Crippen LogP contribution is 2.20. The van der Waals surface area contributed by atoms with Crippen molar-refractivity contribution in [3.63, 3.8) is 0 Å². The molecule has 0 aliphatic carbocycles. The van der Waals surface area contributed by atoms with Gasteiger partial charge in [-0.15, -0.1) is 0 Å². The van der Waals surface area contributed by atoms with E-state index in [1.807, 2.05) is 13.8 Å². The third-order valence-corrected chi connectivity index (χ3v) is 5.02. The first-order valence-corrected chi connectivity index (χ1v) is 8.54. The Labute approximate surface area is 127 Å². The summed E-state index contributed by atoms with van der Waals surface area (Å²) in [6, 6.07) is 5.15. The molecule has 0 fully saturated rings. The number of nitrogens with zero attached hydrogens (tertiary/aromatic N) is 1. The van der Waals surface area contributed by atoms with E-state index in [4.69, 9.17) is 5.11 Å². The Morgan fingerprint density at radius 2 is 2.05 bits per heavy atom. The van der Waals surface area contributed by atoms with Crippen molar-refractivity contribution in [3.8, 4) is 11.8 Å². The highest BCUT2D eigenvalue weighted by Gasteiger charge is 2.22. The van der Waals surface area contributed by atoms with E-state index in [1.54, 1.807) is 25.2 Å². The maximum atomic E-state index is 12.6. The molecule has 5 heteroatoms. The van der Waals surface area contributed by atoms with Crippen LogP contribution in [0.5, 0.6) is 0 Å². The van der Waals surface area contributed by atoms with Crippen molar-refractivity contribution < 1.29 is 13.5 Å². The number of hydrogen-bond acceptors (Lipinski definition) is 3. The van der Waals surface area contributed by atoms with Gasteiger partial charge in [-0.25, -0.2) is 12.7 Å². The summed E-state index contributed by atoms with van der Waals surface area (Å²) in [6.07, 6.45) is 2.10. The first kappa shape index (κ1) is 17.7. The van der Waals surface area contributed by atoms with Crippen molar-refractivity contribution >= 4 is 10.0 Å². The van der Waals surface area contributed by atoms with Gasteiger partial charge in [-0.1, -0.05) is 31.3 Å². The highest BCUT2D eigenvalue weighted by atomic mass is 32.2. The van der Waals surface area contributed by atoms with Crippen LogP contribution in [0.15, 0.2) is 23.1 Å². The lowest BCUT2D eigenvalue weighted by molar-refractivity contribution is 0.305. The van der Waals surface area contributed by atoms with Crippen LogP contribution in [0.2, 0.25) is 0 Å². The lowest BCUT2D eigenvalue weighted by Crippen LogP contribution is -2.28. The number of unbranched alkanes of at least 4 members (excludes halogenated alkanes) is 1. The van der Waals surface area contributed by atoms with E-state index >= 15 is 0 Å². The summed E-state index contributed by atoms with van der Waals surface area (Å²) in [6.45, 7) is 4.39. The van der Waals surface area contributed by atoms with Gasteiger partial charge in [0.05, 0.1) is 11.5 Å². The molecule has 0 saturated carbocycles. The SMILES string of the molecule is CCCCN(C)S(=O)(=O)c1ccc(C)cc1C#CCCO. The van der Waals surface area contributed by atoms with Gasteiger partial charge in [0.15, 0.2) is 0 Å². The van der Waals surface area contributed by atoms with Crippen LogP contribution in [-0.4, -0.2) is 38.0 Å². The smallest absolute Gasteiger partial charge is 0.244 e. The van der Waals surface area contributed by atoms with Crippen LogP contribution in [0.25, 0.3) is 0 Å². The second-order valence-electron chi connectivity index (χ2n) is 4.96. The fourth-order valence-corrected chi connectivity index (χ4v) is 3.18. The molecule has 0 atom stereocenters. The Bertz CT molecular complexity index is 627. The minimum absolute atomic E-state index is 0.0305. The number of benzene rings is 1. The molecule has 0 saturated heterocycles. The van der Waals surface area contributed by atoms with Gasteiger partial charge in [-0.3, -0.25) is 0 Å². The molecule has 1 rings (SSSR count). The van der Waals surface area contributed by atoms with E-state index in [1.165, 1.54) is 4.31 Å². The van der Waals surface area contributed by atoms with Crippen LogP contribution in [0.4, 0.5) is 0 Å². The lowest BCUT2D eigenvalue weighted by Gasteiger charge is -2.18. The molecule has 0 aromatic heterocycles. The summed E-state index contributed by atoms with van der Waals surface area (Å²) in [5, 5.41) is 8.78. The van der Waals surface area contributed by atoms with Crippen molar-refractivity contribution in [1.29, 1.82) is 0 Å². The van der Waals surface area contributed by atoms with E-state index in [0.29, 0.717) is 18.5 Å². The van der Waals surface area contributed by atoms with Gasteiger partial charge in [-0.05, 0) is 31.0 Å². The molecule has 0 aliphatic heterocycles. The van der Waals surface area contributed by atoms with Crippen LogP contribution >= 0.6 is 0 Å². The predicted molar refractivity (Wildman–Crippen MR) is 84.5 cm³/mol. The minimum Gasteiger partial charge on any atom is -0.395 e. The standard InChI is InChI=1S/C16H23NO3S/c1-4-5-11-17(3)21(19,20)16-10-9-14(2)13-15(16)8-6-7-12-18/h9-10,13,18H,4-5,7,11-12H2,1-3H3. The summed E-state index contributed by atoms with van der Waals surface area (Å²) in [5.74, 6) is 5.65. The fourth-order valence-electron chi connectivity index (χ4n) is 1.85. The Hall–Kier alpha value is -1.35. The van der Waals surface area contributed by atoms with Crippen LogP contribution in [-0.2, 0) is 10.0 Å². The topological polar surface area (TPSA) is 57.6 Å².